The van der Waals surface area contributed by atoms with Crippen molar-refractivity contribution in [2.24, 2.45) is 0 Å². The van der Waals surface area contributed by atoms with Gasteiger partial charge in [-0.2, -0.15) is 0 Å². The molecule has 0 radical (unpaired) electrons. The van der Waals surface area contributed by atoms with Gasteiger partial charge in [0.25, 0.3) is 0 Å². The van der Waals surface area contributed by atoms with Crippen LogP contribution in [0.5, 0.6) is 0 Å². The van der Waals surface area contributed by atoms with Gasteiger partial charge in [0.2, 0.25) is 5.60 Å². The third-order valence-corrected chi connectivity index (χ3v) is 3.73. The van der Waals surface area contributed by atoms with Gasteiger partial charge in [0, 0.05) is 13.0 Å². The third-order valence-electron chi connectivity index (χ3n) is 3.46. The number of carbonyl (C=O) groups excluding carboxylic acids is 2. The highest BCUT2D eigenvalue weighted by molar-refractivity contribution is 6.17. The van der Waals surface area contributed by atoms with Crippen molar-refractivity contribution in [3.05, 3.63) is 23.5 Å². The molecule has 0 aromatic carbocycles. The molecule has 0 amide bonds. The molecule has 0 saturated carbocycles. The molecule has 0 aromatic heterocycles. The number of methoxy groups -OCH3 is 2. The maximum Gasteiger partial charge on any atom is 0.349 e. The quantitative estimate of drug-likeness (QED) is 0.376. The molecule has 136 valence electrons. The molecule has 0 bridgehead atoms. The van der Waals surface area contributed by atoms with Crippen LogP contribution in [0.3, 0.4) is 0 Å². The summed E-state index contributed by atoms with van der Waals surface area (Å²) in [6.07, 6.45) is 2.78. The fourth-order valence-electron chi connectivity index (χ4n) is 2.21. The maximum absolute atomic E-state index is 12.1. The Balaban J connectivity index is 2.99. The number of carbonyl (C=O) groups is 2. The van der Waals surface area contributed by atoms with Crippen molar-refractivity contribution in [2.75, 3.05) is 33.3 Å². The zero-order valence-corrected chi connectivity index (χ0v) is 14.8. The van der Waals surface area contributed by atoms with Crippen LogP contribution in [-0.2, 0) is 28.5 Å². The fraction of sp³-hybridized carbons (Fsp3) is 0.625. The number of alkyl halides is 1. The second-order valence-corrected chi connectivity index (χ2v) is 5.39. The molecule has 7 nitrogen and oxygen atoms in total. The van der Waals surface area contributed by atoms with Crippen LogP contribution in [0.1, 0.15) is 19.8 Å². The molecule has 0 fully saturated rings. The molecule has 24 heavy (non-hydrogen) atoms. The summed E-state index contributed by atoms with van der Waals surface area (Å²) < 4.78 is 20.3. The minimum atomic E-state index is -2.16. The topological polar surface area (TPSA) is 91.3 Å². The number of esters is 2. The molecule has 0 saturated heterocycles. The second kappa shape index (κ2) is 9.66. The first kappa shape index (κ1) is 20.5. The normalized spacial score (nSPS) is 23.1. The molecule has 2 atom stereocenters. The Bertz CT molecular complexity index is 515. The van der Waals surface area contributed by atoms with Crippen LogP contribution in [-0.4, -0.2) is 62.1 Å². The van der Waals surface area contributed by atoms with Crippen molar-refractivity contribution in [1.29, 1.82) is 0 Å². The van der Waals surface area contributed by atoms with Gasteiger partial charge in [0.1, 0.15) is 11.9 Å². The van der Waals surface area contributed by atoms with Crippen LogP contribution >= 0.6 is 11.6 Å². The number of halogens is 1. The standard InChI is InChI=1S/C16H23ClO7/c1-4-23-15(19)16(20)12(21-2)9-11(10-13(16)22-3)14(18)24-8-6-5-7-17/h9-10,12,20H,4-8H2,1-3H3. The lowest BCUT2D eigenvalue weighted by molar-refractivity contribution is -0.176. The number of aliphatic hydroxyl groups is 1. The van der Waals surface area contributed by atoms with E-state index in [9.17, 15) is 14.7 Å². The molecule has 1 aliphatic rings. The van der Waals surface area contributed by atoms with E-state index in [0.29, 0.717) is 12.3 Å². The first-order valence-electron chi connectivity index (χ1n) is 7.59. The largest absolute Gasteiger partial charge is 0.497 e. The summed E-state index contributed by atoms with van der Waals surface area (Å²) in [6, 6.07) is 0. The zero-order chi connectivity index (χ0) is 18.2. The van der Waals surface area contributed by atoms with Gasteiger partial charge in [-0.15, -0.1) is 11.6 Å². The molecule has 1 aliphatic carbocycles. The van der Waals surface area contributed by atoms with Crippen molar-refractivity contribution < 1.29 is 33.6 Å². The first-order valence-corrected chi connectivity index (χ1v) is 8.12. The molecule has 0 aromatic rings. The summed E-state index contributed by atoms with van der Waals surface area (Å²) in [5.74, 6) is -1.18. The lowest BCUT2D eigenvalue weighted by Crippen LogP contribution is -2.54. The third kappa shape index (κ3) is 4.49. The molecular weight excluding hydrogens is 340 g/mol. The number of ether oxygens (including phenoxy) is 4. The molecule has 0 heterocycles. The number of rotatable bonds is 9. The van der Waals surface area contributed by atoms with Crippen molar-refractivity contribution in [3.8, 4) is 0 Å². The highest BCUT2D eigenvalue weighted by Crippen LogP contribution is 2.32. The van der Waals surface area contributed by atoms with Crippen molar-refractivity contribution in [1.82, 2.24) is 0 Å². The lowest BCUT2D eigenvalue weighted by Gasteiger charge is -2.34. The SMILES string of the molecule is CCOC(=O)C1(O)C(OC)=CC(C(=O)OCCCCCl)=CC1OC. The van der Waals surface area contributed by atoms with E-state index in [1.165, 1.54) is 26.4 Å². The number of hydrogen-bond donors (Lipinski definition) is 1. The Morgan fingerprint density at radius 2 is 2.00 bits per heavy atom. The number of unbranched alkanes of at least 4 members (excludes halogenated alkanes) is 1. The van der Waals surface area contributed by atoms with E-state index in [4.69, 9.17) is 30.5 Å². The minimum absolute atomic E-state index is 0.0771. The summed E-state index contributed by atoms with van der Waals surface area (Å²) in [7, 11) is 2.57. The Labute approximate surface area is 146 Å². The molecule has 0 aliphatic heterocycles. The van der Waals surface area contributed by atoms with Gasteiger partial charge >= 0.3 is 11.9 Å². The Hall–Kier alpha value is -1.57. The summed E-state index contributed by atoms with van der Waals surface area (Å²) in [5.41, 5.74) is -2.04. The summed E-state index contributed by atoms with van der Waals surface area (Å²) in [5, 5.41) is 10.7. The predicted octanol–water partition coefficient (Wildman–Crippen LogP) is 1.33. The van der Waals surface area contributed by atoms with Gasteiger partial charge < -0.3 is 24.1 Å². The summed E-state index contributed by atoms with van der Waals surface area (Å²) >= 11 is 5.56. The first-order chi connectivity index (χ1) is 11.4. The van der Waals surface area contributed by atoms with Gasteiger partial charge in [-0.1, -0.05) is 0 Å². The van der Waals surface area contributed by atoms with Crippen LogP contribution < -0.4 is 0 Å². The maximum atomic E-state index is 12.1. The van der Waals surface area contributed by atoms with E-state index in [0.717, 1.165) is 6.42 Å². The second-order valence-electron chi connectivity index (χ2n) is 5.01. The molecule has 8 heteroatoms. The van der Waals surface area contributed by atoms with Crippen LogP contribution in [0.2, 0.25) is 0 Å². The summed E-state index contributed by atoms with van der Waals surface area (Å²) in [4.78, 5) is 24.3. The van der Waals surface area contributed by atoms with Crippen LogP contribution in [0, 0.1) is 0 Å². The van der Waals surface area contributed by atoms with Crippen molar-refractivity contribution >= 4 is 23.5 Å². The molecule has 1 N–H and O–H groups in total. The van der Waals surface area contributed by atoms with Gasteiger partial charge in [-0.05, 0) is 31.9 Å². The van der Waals surface area contributed by atoms with Gasteiger partial charge in [-0.25, -0.2) is 9.59 Å². The van der Waals surface area contributed by atoms with Gasteiger partial charge in [0.05, 0.1) is 25.9 Å². The highest BCUT2D eigenvalue weighted by Gasteiger charge is 2.52. The highest BCUT2D eigenvalue weighted by atomic mass is 35.5. The van der Waals surface area contributed by atoms with E-state index < -0.39 is 23.6 Å². The van der Waals surface area contributed by atoms with Crippen LogP contribution in [0.15, 0.2) is 23.5 Å². The lowest BCUT2D eigenvalue weighted by atomic mass is 9.87. The molecular formula is C16H23ClO7. The molecule has 1 rings (SSSR count). The van der Waals surface area contributed by atoms with E-state index in [1.54, 1.807) is 6.92 Å². The van der Waals surface area contributed by atoms with E-state index in [2.05, 4.69) is 0 Å². The molecule has 0 spiro atoms. The Kier molecular flexibility index (Phi) is 8.24. The zero-order valence-electron chi connectivity index (χ0n) is 14.0. The van der Waals surface area contributed by atoms with Crippen LogP contribution in [0.25, 0.3) is 0 Å². The van der Waals surface area contributed by atoms with E-state index >= 15 is 0 Å². The van der Waals surface area contributed by atoms with E-state index in [-0.39, 0.29) is 24.5 Å². The van der Waals surface area contributed by atoms with Gasteiger partial charge in [-0.3, -0.25) is 0 Å². The Morgan fingerprint density at radius 1 is 1.29 bits per heavy atom. The smallest absolute Gasteiger partial charge is 0.349 e. The predicted molar refractivity (Wildman–Crippen MR) is 86.5 cm³/mol. The summed E-state index contributed by atoms with van der Waals surface area (Å²) in [6.45, 7) is 1.91. The Morgan fingerprint density at radius 3 is 2.54 bits per heavy atom. The van der Waals surface area contributed by atoms with Crippen molar-refractivity contribution in [2.45, 2.75) is 31.5 Å². The average Bonchev–Trinajstić information content (AvgIpc) is 2.58. The average molecular weight is 363 g/mol. The number of hydrogen-bond acceptors (Lipinski definition) is 7. The van der Waals surface area contributed by atoms with Crippen LogP contribution in [0.4, 0.5) is 0 Å². The monoisotopic (exact) mass is 362 g/mol. The molecule has 2 unspecified atom stereocenters. The van der Waals surface area contributed by atoms with Gasteiger partial charge in [0.15, 0.2) is 0 Å². The van der Waals surface area contributed by atoms with Crippen molar-refractivity contribution in [3.63, 3.8) is 0 Å². The minimum Gasteiger partial charge on any atom is -0.497 e. The fourth-order valence-corrected chi connectivity index (χ4v) is 2.39. The van der Waals surface area contributed by atoms with E-state index in [1.807, 2.05) is 0 Å².